The van der Waals surface area contributed by atoms with Crippen molar-refractivity contribution in [1.82, 2.24) is 8.87 Å². The lowest BCUT2D eigenvalue weighted by molar-refractivity contribution is 0.382. The van der Waals surface area contributed by atoms with E-state index in [1.54, 1.807) is 4.31 Å². The van der Waals surface area contributed by atoms with Gasteiger partial charge in [-0.25, -0.2) is 8.42 Å². The fourth-order valence-corrected chi connectivity index (χ4v) is 4.57. The monoisotopic (exact) mass is 292 g/mol. The second-order valence-corrected chi connectivity index (χ2v) is 7.49. The van der Waals surface area contributed by atoms with Gasteiger partial charge in [0, 0.05) is 30.2 Å². The van der Waals surface area contributed by atoms with Crippen LogP contribution in [0, 0.1) is 0 Å². The molecule has 1 aromatic heterocycles. The van der Waals surface area contributed by atoms with Crippen LogP contribution < -0.4 is 0 Å². The Kier molecular flexibility index (Phi) is 3.34. The first-order valence-electron chi connectivity index (χ1n) is 7.07. The van der Waals surface area contributed by atoms with Crippen LogP contribution in [0.3, 0.4) is 0 Å². The van der Waals surface area contributed by atoms with E-state index in [0.717, 1.165) is 12.1 Å². The minimum absolute atomic E-state index is 0.242. The lowest BCUT2D eigenvalue weighted by Gasteiger charge is -2.27. The van der Waals surface area contributed by atoms with Crippen molar-refractivity contribution in [3.05, 3.63) is 35.5 Å². The van der Waals surface area contributed by atoms with Gasteiger partial charge < -0.3 is 4.57 Å². The quantitative estimate of drug-likeness (QED) is 0.871. The van der Waals surface area contributed by atoms with Gasteiger partial charge in [0.2, 0.25) is 10.0 Å². The molecule has 0 amide bonds. The number of aryl methyl sites for hydroxylation is 1. The van der Waals surface area contributed by atoms with Crippen LogP contribution in [0.1, 0.15) is 24.6 Å². The van der Waals surface area contributed by atoms with Crippen molar-refractivity contribution in [3.63, 3.8) is 0 Å². The first kappa shape index (κ1) is 13.6. The minimum atomic E-state index is -3.11. The van der Waals surface area contributed by atoms with Gasteiger partial charge in [0.1, 0.15) is 0 Å². The molecule has 0 aliphatic carbocycles. The molecule has 0 radical (unpaired) electrons. The molecule has 2 aromatic rings. The summed E-state index contributed by atoms with van der Waals surface area (Å²) in [5.74, 6) is 0.242. The summed E-state index contributed by atoms with van der Waals surface area (Å²) in [5.41, 5.74) is 3.63. The predicted octanol–water partition coefficient (Wildman–Crippen LogP) is 2.28. The number of para-hydroxylation sites is 1. The highest BCUT2D eigenvalue weighted by Gasteiger charge is 2.29. The van der Waals surface area contributed by atoms with Crippen LogP contribution in [0.15, 0.2) is 24.3 Å². The normalized spacial score (nSPS) is 16.5. The topological polar surface area (TPSA) is 42.3 Å². The maximum atomic E-state index is 12.2. The van der Waals surface area contributed by atoms with E-state index >= 15 is 0 Å². The summed E-state index contributed by atoms with van der Waals surface area (Å²) >= 11 is 0. The highest BCUT2D eigenvalue weighted by molar-refractivity contribution is 7.89. The summed E-state index contributed by atoms with van der Waals surface area (Å²) in [6, 6.07) is 8.30. The van der Waals surface area contributed by atoms with Crippen LogP contribution in [0.4, 0.5) is 0 Å². The van der Waals surface area contributed by atoms with E-state index in [9.17, 15) is 8.42 Å². The molecule has 0 spiro atoms. The second kappa shape index (κ2) is 4.90. The van der Waals surface area contributed by atoms with E-state index in [2.05, 4.69) is 16.7 Å². The molecule has 20 heavy (non-hydrogen) atoms. The van der Waals surface area contributed by atoms with Crippen molar-refractivity contribution in [2.24, 2.45) is 7.05 Å². The summed E-state index contributed by atoms with van der Waals surface area (Å²) in [5, 5.41) is 1.26. The molecule has 0 unspecified atom stereocenters. The molecule has 1 aromatic carbocycles. The summed E-state index contributed by atoms with van der Waals surface area (Å²) in [4.78, 5) is 0. The number of rotatable bonds is 3. The highest BCUT2D eigenvalue weighted by atomic mass is 32.2. The number of hydrogen-bond donors (Lipinski definition) is 0. The van der Waals surface area contributed by atoms with Gasteiger partial charge in [0.05, 0.1) is 12.3 Å². The molecule has 0 saturated heterocycles. The van der Waals surface area contributed by atoms with Gasteiger partial charge in [0.25, 0.3) is 0 Å². The van der Waals surface area contributed by atoms with Crippen molar-refractivity contribution in [2.75, 3.05) is 12.3 Å². The van der Waals surface area contributed by atoms with Gasteiger partial charge in [-0.2, -0.15) is 4.31 Å². The fraction of sp³-hybridized carbons (Fsp3) is 0.467. The first-order chi connectivity index (χ1) is 9.54. The first-order valence-corrected chi connectivity index (χ1v) is 8.68. The maximum Gasteiger partial charge on any atom is 0.214 e. The van der Waals surface area contributed by atoms with Crippen molar-refractivity contribution in [3.8, 4) is 0 Å². The number of aromatic nitrogens is 1. The Morgan fingerprint density at radius 2 is 2.00 bits per heavy atom. The van der Waals surface area contributed by atoms with Crippen molar-refractivity contribution >= 4 is 20.9 Å². The summed E-state index contributed by atoms with van der Waals surface area (Å²) in [7, 11) is -1.09. The molecule has 4 nitrogen and oxygen atoms in total. The van der Waals surface area contributed by atoms with E-state index in [4.69, 9.17) is 0 Å². The van der Waals surface area contributed by atoms with E-state index in [1.807, 2.05) is 26.1 Å². The third-order valence-corrected chi connectivity index (χ3v) is 6.16. The number of hydrogen-bond acceptors (Lipinski definition) is 2. The Hall–Kier alpha value is -1.33. The van der Waals surface area contributed by atoms with Crippen LogP contribution in [0.5, 0.6) is 0 Å². The predicted molar refractivity (Wildman–Crippen MR) is 81.1 cm³/mol. The third kappa shape index (κ3) is 2.05. The van der Waals surface area contributed by atoms with Crippen molar-refractivity contribution < 1.29 is 8.42 Å². The Labute approximate surface area is 120 Å². The number of nitrogens with zero attached hydrogens (tertiary/aromatic N) is 2. The zero-order valence-electron chi connectivity index (χ0n) is 12.0. The van der Waals surface area contributed by atoms with Crippen LogP contribution >= 0.6 is 0 Å². The molecule has 0 fully saturated rings. The lowest BCUT2D eigenvalue weighted by atomic mass is 10.1. The van der Waals surface area contributed by atoms with Crippen molar-refractivity contribution in [1.29, 1.82) is 0 Å². The zero-order valence-corrected chi connectivity index (χ0v) is 12.8. The fourth-order valence-electron chi connectivity index (χ4n) is 3.11. The SMILES string of the molecule is CCCS(=O)(=O)N1CCc2c(n(C)c3ccccc23)C1. The van der Waals surface area contributed by atoms with Crippen LogP contribution in [-0.4, -0.2) is 29.6 Å². The number of fused-ring (bicyclic) bond motifs is 3. The average Bonchev–Trinajstić information content (AvgIpc) is 2.73. The molecule has 1 aliphatic rings. The highest BCUT2D eigenvalue weighted by Crippen LogP contribution is 2.30. The molecular weight excluding hydrogens is 272 g/mol. The number of benzene rings is 1. The van der Waals surface area contributed by atoms with E-state index in [0.29, 0.717) is 19.5 Å². The van der Waals surface area contributed by atoms with E-state index in [-0.39, 0.29) is 5.75 Å². The molecule has 108 valence electrons. The molecule has 2 heterocycles. The van der Waals surface area contributed by atoms with Gasteiger partial charge in [-0.15, -0.1) is 0 Å². The smallest absolute Gasteiger partial charge is 0.214 e. The van der Waals surface area contributed by atoms with Gasteiger partial charge in [0.15, 0.2) is 0 Å². The van der Waals surface area contributed by atoms with Gasteiger partial charge in [-0.05, 0) is 24.5 Å². The molecule has 5 heteroatoms. The van der Waals surface area contributed by atoms with Crippen molar-refractivity contribution in [2.45, 2.75) is 26.3 Å². The summed E-state index contributed by atoms with van der Waals surface area (Å²) in [6.07, 6.45) is 1.47. The molecule has 3 rings (SSSR count). The summed E-state index contributed by atoms with van der Waals surface area (Å²) in [6.45, 7) is 3.01. The molecule has 0 bridgehead atoms. The molecule has 0 atom stereocenters. The van der Waals surface area contributed by atoms with Gasteiger partial charge in [-0.3, -0.25) is 0 Å². The zero-order chi connectivity index (χ0) is 14.3. The van der Waals surface area contributed by atoms with E-state index < -0.39 is 10.0 Å². The standard InChI is InChI=1S/C15H20N2O2S/c1-3-10-20(18,19)17-9-8-13-12-6-4-5-7-14(12)16(2)15(13)11-17/h4-7H,3,8-11H2,1-2H3. The Balaban J connectivity index is 2.04. The number of sulfonamides is 1. The molecular formula is C15H20N2O2S. The Morgan fingerprint density at radius 1 is 1.25 bits per heavy atom. The Bertz CT molecular complexity index is 747. The van der Waals surface area contributed by atoms with Crippen LogP contribution in [0.25, 0.3) is 10.9 Å². The van der Waals surface area contributed by atoms with Crippen LogP contribution in [0.2, 0.25) is 0 Å². The van der Waals surface area contributed by atoms with Crippen LogP contribution in [-0.2, 0) is 30.0 Å². The van der Waals surface area contributed by atoms with Gasteiger partial charge >= 0.3 is 0 Å². The Morgan fingerprint density at radius 3 is 2.75 bits per heavy atom. The van der Waals surface area contributed by atoms with E-state index in [1.165, 1.54) is 16.5 Å². The molecule has 0 N–H and O–H groups in total. The minimum Gasteiger partial charge on any atom is -0.346 e. The third-order valence-electron chi connectivity index (χ3n) is 4.14. The maximum absolute atomic E-state index is 12.2. The summed E-state index contributed by atoms with van der Waals surface area (Å²) < 4.78 is 28.3. The second-order valence-electron chi connectivity index (χ2n) is 5.40. The lowest BCUT2D eigenvalue weighted by Crippen LogP contribution is -2.37. The largest absolute Gasteiger partial charge is 0.346 e. The van der Waals surface area contributed by atoms with Gasteiger partial charge in [-0.1, -0.05) is 25.1 Å². The molecule has 1 aliphatic heterocycles. The molecule has 0 saturated carbocycles. The average molecular weight is 292 g/mol.